The largest absolute Gasteiger partial charge is 0.403 e. The molecular weight excluding hydrogens is 548 g/mol. The average Bonchev–Trinajstić information content (AvgIpc) is 3.07. The fourth-order valence-electron chi connectivity index (χ4n) is 6.95. The number of aromatic nitrogens is 2. The molecule has 0 radical (unpaired) electrons. The summed E-state index contributed by atoms with van der Waals surface area (Å²) in [5.74, 6) is 0.780. The summed E-state index contributed by atoms with van der Waals surface area (Å²) in [5.41, 5.74) is 9.82. The molecule has 216 valence electrons. The minimum Gasteiger partial charge on any atom is -0.403 e. The minimum absolute atomic E-state index is 0.356. The molecule has 6 heteroatoms. The van der Waals surface area contributed by atoms with Crippen LogP contribution in [0.3, 0.4) is 0 Å². The molecule has 0 atom stereocenters. The number of fused-ring (bicyclic) bond motifs is 4. The first kappa shape index (κ1) is 26.5. The maximum atomic E-state index is 12.7. The number of hydrogen-bond acceptors (Lipinski definition) is 6. The second-order valence-corrected chi connectivity index (χ2v) is 11.7. The number of hydrogen-bond donors (Lipinski definition) is 0. The molecule has 8 rings (SSSR count). The predicted octanol–water partition coefficient (Wildman–Crippen LogP) is 7.95. The van der Waals surface area contributed by atoms with E-state index in [0.29, 0.717) is 33.6 Å². The summed E-state index contributed by atoms with van der Waals surface area (Å²) in [5, 5.41) is 0.995. The Morgan fingerprint density at radius 2 is 0.909 bits per heavy atom. The highest BCUT2D eigenvalue weighted by molar-refractivity contribution is 5.82. The SMILES string of the molecule is O=c1oc(-c2ccc(/C=C/c3ccc(-c4nc5ccccc5c(=O)o4)c4c3CCCC4)c3c2CCCC3)nc2ccccc12. The van der Waals surface area contributed by atoms with Crippen LogP contribution in [0.25, 0.3) is 56.9 Å². The van der Waals surface area contributed by atoms with Crippen LogP contribution in [0, 0.1) is 0 Å². The Kier molecular flexibility index (Phi) is 6.55. The second-order valence-electron chi connectivity index (χ2n) is 11.7. The Bertz CT molecular complexity index is 2080. The molecule has 0 N–H and O–H groups in total. The Balaban J connectivity index is 1.19. The van der Waals surface area contributed by atoms with E-state index in [-0.39, 0.29) is 11.3 Å². The lowest BCUT2D eigenvalue weighted by Crippen LogP contribution is -2.09. The van der Waals surface area contributed by atoms with Crippen molar-refractivity contribution in [3.63, 3.8) is 0 Å². The minimum atomic E-state index is -0.356. The number of benzene rings is 4. The van der Waals surface area contributed by atoms with Crippen molar-refractivity contribution in [1.82, 2.24) is 9.97 Å². The van der Waals surface area contributed by atoms with Gasteiger partial charge in [-0.05, 0) is 121 Å². The molecule has 0 fully saturated rings. The molecule has 0 unspecified atom stereocenters. The van der Waals surface area contributed by atoms with E-state index < -0.39 is 0 Å². The van der Waals surface area contributed by atoms with Gasteiger partial charge in [-0.25, -0.2) is 19.6 Å². The van der Waals surface area contributed by atoms with Gasteiger partial charge in [0.1, 0.15) is 0 Å². The summed E-state index contributed by atoms with van der Waals surface area (Å²) in [6.45, 7) is 0. The molecule has 0 spiro atoms. The molecule has 0 saturated heterocycles. The molecule has 2 heterocycles. The first-order chi connectivity index (χ1) is 21.6. The molecule has 2 aromatic heterocycles. The van der Waals surface area contributed by atoms with Crippen molar-refractivity contribution < 1.29 is 8.83 Å². The standard InChI is InChI=1S/C38H30N2O4/c41-37-31-13-5-7-15-33(31)39-35(43-37)29-21-19-23(25-9-1-3-11-27(25)29)17-18-24-20-22-30(28-12-4-2-10-26(24)28)36-40-34-16-8-6-14-32(34)38(42)44-36/h5-8,13-22H,1-4,9-12H2/b18-17+. The van der Waals surface area contributed by atoms with Crippen molar-refractivity contribution in [3.05, 3.63) is 127 Å². The quantitative estimate of drug-likeness (QED) is 0.197. The smallest absolute Gasteiger partial charge is 0.347 e. The second kappa shape index (κ2) is 10.9. The van der Waals surface area contributed by atoms with Crippen molar-refractivity contribution >= 4 is 34.0 Å². The van der Waals surface area contributed by atoms with Gasteiger partial charge in [-0.1, -0.05) is 48.6 Å². The van der Waals surface area contributed by atoms with Gasteiger partial charge in [0.2, 0.25) is 11.8 Å². The van der Waals surface area contributed by atoms with E-state index in [0.717, 1.165) is 62.5 Å². The van der Waals surface area contributed by atoms with Gasteiger partial charge < -0.3 is 8.83 Å². The molecule has 2 aliphatic rings. The van der Waals surface area contributed by atoms with Crippen molar-refractivity contribution in [1.29, 1.82) is 0 Å². The average molecular weight is 579 g/mol. The summed E-state index contributed by atoms with van der Waals surface area (Å²) < 4.78 is 11.5. The fraction of sp³-hybridized carbons (Fsp3) is 0.211. The van der Waals surface area contributed by atoms with Gasteiger partial charge in [0.15, 0.2) is 0 Å². The maximum Gasteiger partial charge on any atom is 0.347 e. The van der Waals surface area contributed by atoms with Crippen LogP contribution >= 0.6 is 0 Å². The van der Waals surface area contributed by atoms with Gasteiger partial charge in [0.25, 0.3) is 0 Å². The topological polar surface area (TPSA) is 86.2 Å². The Morgan fingerprint density at radius 3 is 1.36 bits per heavy atom. The first-order valence-electron chi connectivity index (χ1n) is 15.4. The van der Waals surface area contributed by atoms with Crippen molar-refractivity contribution in [2.75, 3.05) is 0 Å². The van der Waals surface area contributed by atoms with Crippen LogP contribution in [0.15, 0.2) is 91.2 Å². The molecule has 4 aromatic carbocycles. The highest BCUT2D eigenvalue weighted by Gasteiger charge is 2.22. The summed E-state index contributed by atoms with van der Waals surface area (Å²) in [6, 6.07) is 23.0. The molecule has 0 bridgehead atoms. The van der Waals surface area contributed by atoms with Crippen molar-refractivity contribution in [3.8, 4) is 22.9 Å². The third-order valence-corrected chi connectivity index (χ3v) is 9.12. The van der Waals surface area contributed by atoms with Gasteiger partial charge >= 0.3 is 11.3 Å². The zero-order valence-corrected chi connectivity index (χ0v) is 24.3. The molecule has 6 nitrogen and oxygen atoms in total. The number of nitrogens with zero attached hydrogens (tertiary/aromatic N) is 2. The predicted molar refractivity (Wildman–Crippen MR) is 174 cm³/mol. The van der Waals surface area contributed by atoms with Crippen molar-refractivity contribution in [2.45, 2.75) is 51.4 Å². The van der Waals surface area contributed by atoms with Crippen LogP contribution in [0.1, 0.15) is 59.1 Å². The van der Waals surface area contributed by atoms with E-state index in [2.05, 4.69) is 36.4 Å². The highest BCUT2D eigenvalue weighted by atomic mass is 16.4. The van der Waals surface area contributed by atoms with E-state index in [9.17, 15) is 9.59 Å². The van der Waals surface area contributed by atoms with Gasteiger partial charge in [-0.3, -0.25) is 0 Å². The van der Waals surface area contributed by atoms with E-state index in [1.807, 2.05) is 36.4 Å². The molecular formula is C38H30N2O4. The van der Waals surface area contributed by atoms with E-state index in [1.165, 1.54) is 33.4 Å². The zero-order valence-electron chi connectivity index (χ0n) is 24.3. The van der Waals surface area contributed by atoms with Gasteiger partial charge in [-0.2, -0.15) is 0 Å². The summed E-state index contributed by atoms with van der Waals surface area (Å²) >= 11 is 0. The lowest BCUT2D eigenvalue weighted by molar-refractivity contribution is 0.516. The Labute approximate surface area is 253 Å². The van der Waals surface area contributed by atoms with Crippen LogP contribution in [0.2, 0.25) is 0 Å². The molecule has 0 saturated carbocycles. The highest BCUT2D eigenvalue weighted by Crippen LogP contribution is 2.36. The van der Waals surface area contributed by atoms with E-state index in [1.54, 1.807) is 12.1 Å². The summed E-state index contributed by atoms with van der Waals surface area (Å²) in [7, 11) is 0. The third-order valence-electron chi connectivity index (χ3n) is 9.12. The van der Waals surface area contributed by atoms with Gasteiger partial charge in [-0.15, -0.1) is 0 Å². The first-order valence-corrected chi connectivity index (χ1v) is 15.4. The van der Waals surface area contributed by atoms with Crippen molar-refractivity contribution in [2.24, 2.45) is 0 Å². The molecule has 0 aliphatic heterocycles. The molecule has 0 amide bonds. The Morgan fingerprint density at radius 1 is 0.500 bits per heavy atom. The van der Waals surface area contributed by atoms with Crippen LogP contribution in [0.4, 0.5) is 0 Å². The van der Waals surface area contributed by atoms with Crippen LogP contribution in [0.5, 0.6) is 0 Å². The van der Waals surface area contributed by atoms with Crippen LogP contribution in [-0.2, 0) is 25.7 Å². The molecule has 2 aliphatic carbocycles. The van der Waals surface area contributed by atoms with Gasteiger partial charge in [0, 0.05) is 11.1 Å². The fourth-order valence-corrected chi connectivity index (χ4v) is 6.95. The number of rotatable bonds is 4. The summed E-state index contributed by atoms with van der Waals surface area (Å²) in [4.78, 5) is 34.9. The monoisotopic (exact) mass is 578 g/mol. The van der Waals surface area contributed by atoms with Crippen LogP contribution in [-0.4, -0.2) is 9.97 Å². The maximum absolute atomic E-state index is 12.7. The molecule has 6 aromatic rings. The lowest BCUT2D eigenvalue weighted by Gasteiger charge is -2.22. The zero-order chi connectivity index (χ0) is 29.6. The third kappa shape index (κ3) is 4.58. The Hall–Kier alpha value is -5.10. The summed E-state index contributed by atoms with van der Waals surface area (Å²) in [6.07, 6.45) is 12.7. The van der Waals surface area contributed by atoms with Crippen LogP contribution < -0.4 is 11.3 Å². The normalized spacial score (nSPS) is 14.6. The lowest BCUT2D eigenvalue weighted by atomic mass is 9.83. The van der Waals surface area contributed by atoms with E-state index in [4.69, 9.17) is 18.8 Å². The number of para-hydroxylation sites is 2. The van der Waals surface area contributed by atoms with E-state index >= 15 is 0 Å². The van der Waals surface area contributed by atoms with Gasteiger partial charge in [0.05, 0.1) is 21.8 Å². The molecule has 44 heavy (non-hydrogen) atoms.